The Morgan fingerprint density at radius 1 is 1.60 bits per heavy atom. The topological polar surface area (TPSA) is 40.5 Å². The Kier molecular flexibility index (Phi) is 5.06. The average Bonchev–Trinajstić information content (AvgIpc) is 2.45. The molecule has 1 N–H and O–H groups in total. The monoisotopic (exact) mass is 295 g/mol. The van der Waals surface area contributed by atoms with Crippen molar-refractivity contribution in [2.75, 3.05) is 23.7 Å². The van der Waals surface area contributed by atoms with Crippen LogP contribution >= 0.6 is 11.8 Å². The molecule has 0 saturated carbocycles. The molecule has 1 aliphatic rings. The van der Waals surface area contributed by atoms with Crippen LogP contribution in [0.4, 0.5) is 10.1 Å². The van der Waals surface area contributed by atoms with Crippen LogP contribution in [0, 0.1) is 5.82 Å². The van der Waals surface area contributed by atoms with Gasteiger partial charge in [-0.15, -0.1) is 0 Å². The SMILES string of the molecule is CCC1CN(c2ccc(/C=C/C(=O)O)cc2F)CCS1. The lowest BCUT2D eigenvalue weighted by Crippen LogP contribution is -2.38. The molecule has 2 rings (SSSR count). The third-order valence-electron chi connectivity index (χ3n) is 3.32. The number of carboxylic acids is 1. The van der Waals surface area contributed by atoms with Crippen LogP contribution in [0.5, 0.6) is 0 Å². The Labute approximate surface area is 122 Å². The normalized spacial score (nSPS) is 19.5. The Hall–Kier alpha value is -1.49. The Morgan fingerprint density at radius 3 is 3.05 bits per heavy atom. The molecular formula is C15H18FNO2S. The van der Waals surface area contributed by atoms with E-state index in [2.05, 4.69) is 11.8 Å². The van der Waals surface area contributed by atoms with Crippen molar-refractivity contribution in [3.05, 3.63) is 35.7 Å². The zero-order valence-corrected chi connectivity index (χ0v) is 12.2. The molecular weight excluding hydrogens is 277 g/mol. The summed E-state index contributed by atoms with van der Waals surface area (Å²) < 4.78 is 14.2. The van der Waals surface area contributed by atoms with Crippen molar-refractivity contribution in [1.82, 2.24) is 0 Å². The van der Waals surface area contributed by atoms with Gasteiger partial charge < -0.3 is 10.0 Å². The maximum atomic E-state index is 14.2. The van der Waals surface area contributed by atoms with Gasteiger partial charge in [0.05, 0.1) is 5.69 Å². The lowest BCUT2D eigenvalue weighted by Gasteiger charge is -2.33. The van der Waals surface area contributed by atoms with Crippen LogP contribution in [0.3, 0.4) is 0 Å². The van der Waals surface area contributed by atoms with E-state index in [1.807, 2.05) is 11.8 Å². The molecule has 1 aliphatic heterocycles. The lowest BCUT2D eigenvalue weighted by molar-refractivity contribution is -0.131. The van der Waals surface area contributed by atoms with E-state index in [1.54, 1.807) is 12.1 Å². The summed E-state index contributed by atoms with van der Waals surface area (Å²) in [7, 11) is 0. The summed E-state index contributed by atoms with van der Waals surface area (Å²) in [5.41, 5.74) is 1.17. The lowest BCUT2D eigenvalue weighted by atomic mass is 10.1. The summed E-state index contributed by atoms with van der Waals surface area (Å²) in [5.74, 6) is -0.314. The Balaban J connectivity index is 2.15. The highest BCUT2D eigenvalue weighted by Crippen LogP contribution is 2.28. The number of hydrogen-bond acceptors (Lipinski definition) is 3. The van der Waals surface area contributed by atoms with Gasteiger partial charge in [-0.25, -0.2) is 9.18 Å². The second kappa shape index (κ2) is 6.79. The highest BCUT2D eigenvalue weighted by atomic mass is 32.2. The Bertz CT molecular complexity index is 519. The van der Waals surface area contributed by atoms with Gasteiger partial charge in [0.2, 0.25) is 0 Å². The van der Waals surface area contributed by atoms with Crippen molar-refractivity contribution in [2.45, 2.75) is 18.6 Å². The molecule has 0 aromatic heterocycles. The minimum Gasteiger partial charge on any atom is -0.478 e. The van der Waals surface area contributed by atoms with Crippen molar-refractivity contribution in [1.29, 1.82) is 0 Å². The average molecular weight is 295 g/mol. The van der Waals surface area contributed by atoms with Crippen LogP contribution in [-0.2, 0) is 4.79 Å². The fourth-order valence-electron chi connectivity index (χ4n) is 2.24. The zero-order chi connectivity index (χ0) is 14.5. The van der Waals surface area contributed by atoms with Crippen LogP contribution in [0.15, 0.2) is 24.3 Å². The molecule has 5 heteroatoms. The summed E-state index contributed by atoms with van der Waals surface area (Å²) in [6, 6.07) is 4.87. The van der Waals surface area contributed by atoms with E-state index in [1.165, 1.54) is 12.1 Å². The zero-order valence-electron chi connectivity index (χ0n) is 11.4. The van der Waals surface area contributed by atoms with Crippen molar-refractivity contribution >= 4 is 29.5 Å². The molecule has 3 nitrogen and oxygen atoms in total. The summed E-state index contributed by atoms with van der Waals surface area (Å²) >= 11 is 1.94. The first-order valence-electron chi connectivity index (χ1n) is 6.67. The predicted molar refractivity (Wildman–Crippen MR) is 81.8 cm³/mol. The van der Waals surface area contributed by atoms with Gasteiger partial charge in [0.15, 0.2) is 0 Å². The van der Waals surface area contributed by atoms with Gasteiger partial charge in [-0.05, 0) is 30.2 Å². The molecule has 108 valence electrons. The van der Waals surface area contributed by atoms with Crippen molar-refractivity contribution in [2.24, 2.45) is 0 Å². The highest BCUT2D eigenvalue weighted by Gasteiger charge is 2.21. The number of thioether (sulfide) groups is 1. The first kappa shape index (κ1) is 14.9. The smallest absolute Gasteiger partial charge is 0.328 e. The molecule has 1 heterocycles. The van der Waals surface area contributed by atoms with Crippen LogP contribution in [-0.4, -0.2) is 35.2 Å². The number of anilines is 1. The first-order chi connectivity index (χ1) is 9.60. The molecule has 0 aliphatic carbocycles. The van der Waals surface area contributed by atoms with E-state index in [-0.39, 0.29) is 5.82 Å². The number of halogens is 1. The third kappa shape index (κ3) is 3.76. The number of carboxylic acid groups (broad SMARTS) is 1. The molecule has 1 aromatic carbocycles. The van der Waals surface area contributed by atoms with E-state index in [9.17, 15) is 9.18 Å². The second-order valence-corrected chi connectivity index (χ2v) is 6.14. The van der Waals surface area contributed by atoms with E-state index < -0.39 is 5.97 Å². The molecule has 0 radical (unpaired) electrons. The maximum Gasteiger partial charge on any atom is 0.328 e. The molecule has 1 atom stereocenters. The fraction of sp³-hybridized carbons (Fsp3) is 0.400. The number of hydrogen-bond donors (Lipinski definition) is 1. The molecule has 0 spiro atoms. The molecule has 1 aromatic rings. The van der Waals surface area contributed by atoms with Crippen LogP contribution < -0.4 is 4.90 Å². The highest BCUT2D eigenvalue weighted by molar-refractivity contribution is 8.00. The number of benzene rings is 1. The quantitative estimate of drug-likeness (QED) is 0.866. The number of aliphatic carboxylic acids is 1. The standard InChI is InChI=1S/C15H18FNO2S/c1-2-12-10-17(7-8-20-12)14-5-3-11(9-13(14)16)4-6-15(18)19/h3-6,9,12H,2,7-8,10H2,1H3,(H,18,19)/b6-4+. The minimum atomic E-state index is -1.03. The summed E-state index contributed by atoms with van der Waals surface area (Å²) in [4.78, 5) is 12.5. The molecule has 0 amide bonds. The van der Waals surface area contributed by atoms with E-state index in [0.717, 1.165) is 31.3 Å². The van der Waals surface area contributed by atoms with E-state index in [0.29, 0.717) is 16.5 Å². The third-order valence-corrected chi connectivity index (χ3v) is 4.70. The van der Waals surface area contributed by atoms with Gasteiger partial charge in [0, 0.05) is 30.2 Å². The van der Waals surface area contributed by atoms with Gasteiger partial charge in [-0.2, -0.15) is 11.8 Å². The van der Waals surface area contributed by atoms with Gasteiger partial charge in [-0.1, -0.05) is 13.0 Å². The molecule has 20 heavy (non-hydrogen) atoms. The van der Waals surface area contributed by atoms with E-state index >= 15 is 0 Å². The number of carbonyl (C=O) groups is 1. The van der Waals surface area contributed by atoms with Crippen LogP contribution in [0.2, 0.25) is 0 Å². The summed E-state index contributed by atoms with van der Waals surface area (Å²) in [5, 5.41) is 9.12. The first-order valence-corrected chi connectivity index (χ1v) is 7.72. The maximum absolute atomic E-state index is 14.2. The fourth-order valence-corrected chi connectivity index (χ4v) is 3.42. The molecule has 1 unspecified atom stereocenters. The van der Waals surface area contributed by atoms with Gasteiger partial charge >= 0.3 is 5.97 Å². The van der Waals surface area contributed by atoms with Gasteiger partial charge in [0.25, 0.3) is 0 Å². The summed E-state index contributed by atoms with van der Waals surface area (Å²) in [6.07, 6.45) is 3.50. The Morgan fingerprint density at radius 2 is 2.40 bits per heavy atom. The number of nitrogens with zero attached hydrogens (tertiary/aromatic N) is 1. The molecule has 0 bridgehead atoms. The predicted octanol–water partition coefficient (Wildman–Crippen LogP) is 3.26. The van der Waals surface area contributed by atoms with E-state index in [4.69, 9.17) is 5.11 Å². The number of rotatable bonds is 4. The molecule has 1 fully saturated rings. The minimum absolute atomic E-state index is 0.292. The van der Waals surface area contributed by atoms with Gasteiger partial charge in [0.1, 0.15) is 5.82 Å². The van der Waals surface area contributed by atoms with Crippen molar-refractivity contribution in [3.8, 4) is 0 Å². The second-order valence-electron chi connectivity index (χ2n) is 4.73. The van der Waals surface area contributed by atoms with Gasteiger partial charge in [-0.3, -0.25) is 0 Å². The van der Waals surface area contributed by atoms with Crippen LogP contribution in [0.25, 0.3) is 6.08 Å². The van der Waals surface area contributed by atoms with Crippen molar-refractivity contribution < 1.29 is 14.3 Å². The van der Waals surface area contributed by atoms with Crippen molar-refractivity contribution in [3.63, 3.8) is 0 Å². The largest absolute Gasteiger partial charge is 0.478 e. The summed E-state index contributed by atoms with van der Waals surface area (Å²) in [6.45, 7) is 3.86. The van der Waals surface area contributed by atoms with Crippen LogP contribution in [0.1, 0.15) is 18.9 Å². The molecule has 1 saturated heterocycles.